The molecule has 0 aliphatic rings. The van der Waals surface area contributed by atoms with Gasteiger partial charge in [-0.15, -0.1) is 0 Å². The molecule has 3 nitrogen and oxygen atoms in total. The number of ether oxygens (including phenoxy) is 1. The van der Waals surface area contributed by atoms with E-state index in [4.69, 9.17) is 22.1 Å². The van der Waals surface area contributed by atoms with Gasteiger partial charge < -0.3 is 9.84 Å². The van der Waals surface area contributed by atoms with Crippen LogP contribution in [0.1, 0.15) is 12.5 Å². The van der Waals surface area contributed by atoms with Crippen LogP contribution in [0.5, 0.6) is 0 Å². The Kier molecular flexibility index (Phi) is 5.28. The fraction of sp³-hybridized carbons (Fsp3) is 0.273. The van der Waals surface area contributed by atoms with E-state index in [-0.39, 0.29) is 6.42 Å². The Labute approximate surface area is 104 Å². The molecule has 0 aliphatic heterocycles. The van der Waals surface area contributed by atoms with Crippen LogP contribution >= 0.6 is 24.0 Å². The Balaban J connectivity index is 2.57. The summed E-state index contributed by atoms with van der Waals surface area (Å²) in [5.41, 5.74) is 0.777. The maximum Gasteiger partial charge on any atom is 0.307 e. The Bertz CT molecular complexity index is 373. The second-order valence-corrected chi connectivity index (χ2v) is 4.68. The summed E-state index contributed by atoms with van der Waals surface area (Å²) in [5.74, 6) is -0.828. The SMILES string of the molecule is CCOC(=S)Sc1ccc(CC(=O)O)cc1. The zero-order chi connectivity index (χ0) is 12.0. The fourth-order valence-electron chi connectivity index (χ4n) is 1.09. The highest BCUT2D eigenvalue weighted by atomic mass is 32.2. The van der Waals surface area contributed by atoms with Gasteiger partial charge in [0, 0.05) is 4.90 Å². The van der Waals surface area contributed by atoms with E-state index in [9.17, 15) is 4.79 Å². The van der Waals surface area contributed by atoms with E-state index in [1.165, 1.54) is 11.8 Å². The number of benzene rings is 1. The number of carboxylic acids is 1. The van der Waals surface area contributed by atoms with Crippen LogP contribution in [0.3, 0.4) is 0 Å². The summed E-state index contributed by atoms with van der Waals surface area (Å²) in [5, 5.41) is 8.61. The highest BCUT2D eigenvalue weighted by Crippen LogP contribution is 2.21. The van der Waals surface area contributed by atoms with Gasteiger partial charge >= 0.3 is 5.97 Å². The van der Waals surface area contributed by atoms with Crippen molar-refractivity contribution in [3.8, 4) is 0 Å². The Hall–Kier alpha value is -1.07. The molecule has 1 aromatic carbocycles. The molecular weight excluding hydrogens is 244 g/mol. The molecule has 0 saturated heterocycles. The van der Waals surface area contributed by atoms with E-state index in [0.29, 0.717) is 11.0 Å². The third kappa shape index (κ3) is 4.63. The lowest BCUT2D eigenvalue weighted by atomic mass is 10.2. The van der Waals surface area contributed by atoms with Crippen molar-refractivity contribution in [2.75, 3.05) is 6.61 Å². The molecule has 0 saturated carbocycles. The molecule has 0 atom stereocenters. The lowest BCUT2D eigenvalue weighted by Crippen LogP contribution is -1.99. The second kappa shape index (κ2) is 6.50. The summed E-state index contributed by atoms with van der Waals surface area (Å²) in [6.07, 6.45) is 0.0425. The molecule has 1 aromatic rings. The number of thioether (sulfide) groups is 1. The molecule has 0 spiro atoms. The average Bonchev–Trinajstić information content (AvgIpc) is 2.20. The third-order valence-corrected chi connectivity index (χ3v) is 2.90. The normalized spacial score (nSPS) is 9.81. The van der Waals surface area contributed by atoms with Crippen molar-refractivity contribution >= 4 is 34.3 Å². The van der Waals surface area contributed by atoms with Gasteiger partial charge in [-0.1, -0.05) is 12.1 Å². The van der Waals surface area contributed by atoms with Crippen molar-refractivity contribution in [2.24, 2.45) is 0 Å². The molecule has 1 N–H and O–H groups in total. The molecule has 0 amide bonds. The number of thiocarbonyl (C=S) groups is 1. The van der Waals surface area contributed by atoms with Crippen molar-refractivity contribution in [1.29, 1.82) is 0 Å². The topological polar surface area (TPSA) is 46.5 Å². The lowest BCUT2D eigenvalue weighted by molar-refractivity contribution is -0.136. The van der Waals surface area contributed by atoms with Gasteiger partial charge in [-0.2, -0.15) is 0 Å². The first kappa shape index (κ1) is 13.0. The van der Waals surface area contributed by atoms with Crippen molar-refractivity contribution in [1.82, 2.24) is 0 Å². The van der Waals surface area contributed by atoms with Crippen LogP contribution in [-0.4, -0.2) is 22.1 Å². The number of carbonyl (C=O) groups is 1. The van der Waals surface area contributed by atoms with Gasteiger partial charge in [0.2, 0.25) is 4.38 Å². The Morgan fingerprint density at radius 3 is 2.56 bits per heavy atom. The van der Waals surface area contributed by atoms with Gasteiger partial charge in [0.1, 0.15) is 0 Å². The predicted molar refractivity (Wildman–Crippen MR) is 67.9 cm³/mol. The summed E-state index contributed by atoms with van der Waals surface area (Å²) in [7, 11) is 0. The van der Waals surface area contributed by atoms with Gasteiger partial charge in [-0.3, -0.25) is 4.79 Å². The van der Waals surface area contributed by atoms with Crippen LogP contribution in [0.2, 0.25) is 0 Å². The quantitative estimate of drug-likeness (QED) is 0.663. The number of aliphatic carboxylic acids is 1. The minimum atomic E-state index is -0.828. The minimum absolute atomic E-state index is 0.0425. The molecule has 86 valence electrons. The molecule has 1 rings (SSSR count). The first-order valence-corrected chi connectivity index (χ1v) is 5.99. The monoisotopic (exact) mass is 256 g/mol. The fourth-order valence-corrected chi connectivity index (χ4v) is 2.14. The van der Waals surface area contributed by atoms with Gasteiger partial charge in [0.25, 0.3) is 0 Å². The van der Waals surface area contributed by atoms with Gasteiger partial charge in [0.15, 0.2) is 0 Å². The summed E-state index contributed by atoms with van der Waals surface area (Å²) in [6.45, 7) is 2.44. The van der Waals surface area contributed by atoms with Crippen molar-refractivity contribution < 1.29 is 14.6 Å². The van der Waals surface area contributed by atoms with Gasteiger partial charge in [-0.05, 0) is 48.6 Å². The van der Waals surface area contributed by atoms with Crippen LogP contribution in [0.25, 0.3) is 0 Å². The van der Waals surface area contributed by atoms with Crippen molar-refractivity contribution in [3.63, 3.8) is 0 Å². The first-order valence-electron chi connectivity index (χ1n) is 4.77. The standard InChI is InChI=1S/C11H12O3S2/c1-2-14-11(15)16-9-5-3-8(4-6-9)7-10(12)13/h3-6H,2,7H2,1H3,(H,12,13). The molecule has 0 bridgehead atoms. The maximum absolute atomic E-state index is 10.5. The lowest BCUT2D eigenvalue weighted by Gasteiger charge is -2.04. The van der Waals surface area contributed by atoms with E-state index in [1.54, 1.807) is 12.1 Å². The highest BCUT2D eigenvalue weighted by molar-refractivity contribution is 8.22. The van der Waals surface area contributed by atoms with Crippen LogP contribution in [0.4, 0.5) is 0 Å². The zero-order valence-corrected chi connectivity index (χ0v) is 10.4. The molecule has 0 aliphatic carbocycles. The highest BCUT2D eigenvalue weighted by Gasteiger charge is 2.03. The van der Waals surface area contributed by atoms with Crippen molar-refractivity contribution in [2.45, 2.75) is 18.2 Å². The number of hydrogen-bond donors (Lipinski definition) is 1. The largest absolute Gasteiger partial charge is 0.481 e. The Morgan fingerprint density at radius 1 is 1.44 bits per heavy atom. The average molecular weight is 256 g/mol. The number of hydrogen-bond acceptors (Lipinski definition) is 4. The molecule has 5 heteroatoms. The molecule has 0 aromatic heterocycles. The van der Waals surface area contributed by atoms with Crippen LogP contribution in [0, 0.1) is 0 Å². The van der Waals surface area contributed by atoms with E-state index in [2.05, 4.69) is 0 Å². The van der Waals surface area contributed by atoms with Crippen molar-refractivity contribution in [3.05, 3.63) is 29.8 Å². The van der Waals surface area contributed by atoms with E-state index >= 15 is 0 Å². The van der Waals surface area contributed by atoms with Gasteiger partial charge in [0.05, 0.1) is 13.0 Å². The van der Waals surface area contributed by atoms with E-state index < -0.39 is 5.97 Å². The molecule has 0 radical (unpaired) electrons. The second-order valence-electron chi connectivity index (χ2n) is 3.00. The van der Waals surface area contributed by atoms with Crippen LogP contribution in [-0.2, 0) is 16.0 Å². The molecular formula is C11H12O3S2. The number of carboxylic acid groups (broad SMARTS) is 1. The molecule has 0 fully saturated rings. The Morgan fingerprint density at radius 2 is 2.06 bits per heavy atom. The smallest absolute Gasteiger partial charge is 0.307 e. The summed E-state index contributed by atoms with van der Waals surface area (Å²) >= 11 is 6.34. The molecule has 16 heavy (non-hydrogen) atoms. The van der Waals surface area contributed by atoms with Gasteiger partial charge in [-0.25, -0.2) is 0 Å². The third-order valence-electron chi connectivity index (χ3n) is 1.74. The zero-order valence-electron chi connectivity index (χ0n) is 8.80. The first-order chi connectivity index (χ1) is 7.61. The summed E-state index contributed by atoms with van der Waals surface area (Å²) in [4.78, 5) is 11.4. The van der Waals surface area contributed by atoms with Crippen LogP contribution in [0.15, 0.2) is 29.2 Å². The maximum atomic E-state index is 10.5. The van der Waals surface area contributed by atoms with Crippen LogP contribution < -0.4 is 0 Å². The van der Waals surface area contributed by atoms with E-state index in [1.807, 2.05) is 19.1 Å². The molecule has 0 unspecified atom stereocenters. The predicted octanol–water partition coefficient (Wildman–Crippen LogP) is 2.73. The number of rotatable bonds is 4. The molecule has 0 heterocycles. The van der Waals surface area contributed by atoms with E-state index in [0.717, 1.165) is 10.5 Å². The summed E-state index contributed by atoms with van der Waals surface area (Å²) in [6, 6.07) is 7.25. The summed E-state index contributed by atoms with van der Waals surface area (Å²) < 4.78 is 5.62. The minimum Gasteiger partial charge on any atom is -0.481 e.